The molecule has 24 heavy (non-hydrogen) atoms. The highest BCUT2D eigenvalue weighted by molar-refractivity contribution is 7.89. The zero-order valence-corrected chi connectivity index (χ0v) is 13.3. The van der Waals surface area contributed by atoms with Gasteiger partial charge in [0.15, 0.2) is 11.0 Å². The van der Waals surface area contributed by atoms with E-state index in [4.69, 9.17) is 9.11 Å². The van der Waals surface area contributed by atoms with Crippen molar-refractivity contribution in [3.63, 3.8) is 0 Å². The molecule has 0 heterocycles. The lowest BCUT2D eigenvalue weighted by Gasteiger charge is -2.23. The summed E-state index contributed by atoms with van der Waals surface area (Å²) in [5.74, 6) is -1.11. The number of hydrogen-bond acceptors (Lipinski definition) is 6. The van der Waals surface area contributed by atoms with Crippen LogP contribution in [0.25, 0.3) is 5.76 Å². The Hall–Kier alpha value is -2.27. The standard InChI is InChI=1S/C14H9O8S2/c15-13-9-3-1-7(23(17,18)19)5-11(9)14(16)10-4-2-8(6-12(10)13)24(20,21)22/h1-6,15H,(H,17,18,19)(H,20,21,22). The molecule has 0 unspecified atom stereocenters. The number of allylic oxidation sites excluding steroid dienone is 3. The third-order valence-electron chi connectivity index (χ3n) is 3.58. The Morgan fingerprint density at radius 3 is 2.12 bits per heavy atom. The van der Waals surface area contributed by atoms with E-state index < -0.39 is 41.9 Å². The van der Waals surface area contributed by atoms with Gasteiger partial charge in [-0.25, -0.2) is 0 Å². The molecule has 0 saturated heterocycles. The summed E-state index contributed by atoms with van der Waals surface area (Å²) < 4.78 is 62.9. The lowest BCUT2D eigenvalue weighted by atomic mass is 9.83. The lowest BCUT2D eigenvalue weighted by molar-refractivity contribution is 0.103. The molecular weight excluding hydrogens is 360 g/mol. The molecule has 0 fully saturated rings. The summed E-state index contributed by atoms with van der Waals surface area (Å²) in [5, 5.41) is 9.78. The van der Waals surface area contributed by atoms with Crippen LogP contribution < -0.4 is 0 Å². The summed E-state index contributed by atoms with van der Waals surface area (Å²) in [6.45, 7) is 0. The minimum atomic E-state index is -4.54. The van der Waals surface area contributed by atoms with Gasteiger partial charge < -0.3 is 5.11 Å². The smallest absolute Gasteiger partial charge is 0.294 e. The van der Waals surface area contributed by atoms with Crippen molar-refractivity contribution in [1.29, 1.82) is 0 Å². The molecule has 0 aliphatic heterocycles. The number of rotatable bonds is 2. The maximum absolute atomic E-state index is 12.5. The molecule has 0 saturated carbocycles. The Kier molecular flexibility index (Phi) is 3.53. The predicted octanol–water partition coefficient (Wildman–Crippen LogP) is 1.31. The van der Waals surface area contributed by atoms with Crippen molar-refractivity contribution < 1.29 is 35.8 Å². The molecule has 1 radical (unpaired) electrons. The first-order valence-electron chi connectivity index (χ1n) is 6.34. The average Bonchev–Trinajstić information content (AvgIpc) is 2.49. The largest absolute Gasteiger partial charge is 0.507 e. The fourth-order valence-electron chi connectivity index (χ4n) is 2.45. The van der Waals surface area contributed by atoms with Crippen LogP contribution in [0.15, 0.2) is 52.5 Å². The molecule has 10 heteroatoms. The molecular formula is C14H9O8S2. The van der Waals surface area contributed by atoms with Crippen LogP contribution in [0.5, 0.6) is 0 Å². The van der Waals surface area contributed by atoms with Crippen LogP contribution in [-0.2, 0) is 20.2 Å². The van der Waals surface area contributed by atoms with Crippen LogP contribution in [0.3, 0.4) is 0 Å². The van der Waals surface area contributed by atoms with Gasteiger partial charge in [-0.1, -0.05) is 12.2 Å². The maximum Gasteiger partial charge on any atom is 0.294 e. The van der Waals surface area contributed by atoms with Gasteiger partial charge in [0, 0.05) is 22.3 Å². The summed E-state index contributed by atoms with van der Waals surface area (Å²) in [7, 11) is -9.06. The second-order valence-corrected chi connectivity index (χ2v) is 7.89. The van der Waals surface area contributed by atoms with Gasteiger partial charge in [0.1, 0.15) is 5.76 Å². The van der Waals surface area contributed by atoms with E-state index in [0.717, 1.165) is 36.4 Å². The Labute approximate surface area is 136 Å². The molecule has 0 atom stereocenters. The molecule has 3 N–H and O–H groups in total. The third kappa shape index (κ3) is 2.59. The molecule has 3 rings (SSSR count). The average molecular weight is 369 g/mol. The molecule has 2 aliphatic carbocycles. The van der Waals surface area contributed by atoms with Gasteiger partial charge in [-0.3, -0.25) is 13.9 Å². The van der Waals surface area contributed by atoms with Crippen LogP contribution >= 0.6 is 0 Å². The molecule has 0 spiro atoms. The zero-order chi connectivity index (χ0) is 17.9. The summed E-state index contributed by atoms with van der Waals surface area (Å²) in [6, 6.07) is 3.02. The molecule has 8 nitrogen and oxygen atoms in total. The molecule has 1 aromatic carbocycles. The van der Waals surface area contributed by atoms with E-state index in [0.29, 0.717) is 0 Å². The van der Waals surface area contributed by atoms with Gasteiger partial charge in [0.2, 0.25) is 0 Å². The first kappa shape index (κ1) is 16.6. The van der Waals surface area contributed by atoms with Crippen LogP contribution in [-0.4, -0.2) is 36.8 Å². The van der Waals surface area contributed by atoms with Crippen molar-refractivity contribution in [2.45, 2.75) is 4.90 Å². The number of ketones is 1. The van der Waals surface area contributed by atoms with Crippen LogP contribution in [0.1, 0.15) is 15.9 Å². The Morgan fingerprint density at radius 2 is 1.54 bits per heavy atom. The van der Waals surface area contributed by atoms with Crippen molar-refractivity contribution in [3.8, 4) is 0 Å². The number of aliphatic hydroxyl groups excluding tert-OH is 1. The topological polar surface area (TPSA) is 146 Å². The minimum absolute atomic E-state index is 0.0209. The van der Waals surface area contributed by atoms with Gasteiger partial charge in [-0.2, -0.15) is 16.8 Å². The Morgan fingerprint density at radius 1 is 0.875 bits per heavy atom. The number of carbonyl (C=O) groups excluding carboxylic acids is 1. The van der Waals surface area contributed by atoms with E-state index in [1.165, 1.54) is 0 Å². The van der Waals surface area contributed by atoms with Crippen LogP contribution in [0.4, 0.5) is 0 Å². The third-order valence-corrected chi connectivity index (χ3v) is 5.28. The number of fused-ring (bicyclic) bond motifs is 2. The highest BCUT2D eigenvalue weighted by Crippen LogP contribution is 2.38. The molecule has 0 bridgehead atoms. The van der Waals surface area contributed by atoms with E-state index in [1.54, 1.807) is 0 Å². The fraction of sp³-hybridized carbons (Fsp3) is 0. The van der Waals surface area contributed by atoms with Gasteiger partial charge >= 0.3 is 0 Å². The SMILES string of the molecule is O=C1C2=C[C](S(=O)(=O)O)C=CC2=C(O)c2cc(S(=O)(=O)O)ccc21. The van der Waals surface area contributed by atoms with Crippen LogP contribution in [0.2, 0.25) is 0 Å². The number of benzene rings is 1. The molecule has 2 aliphatic rings. The summed E-state index contributed by atoms with van der Waals surface area (Å²) in [6.07, 6.45) is 3.03. The Balaban J connectivity index is 2.24. The highest BCUT2D eigenvalue weighted by atomic mass is 32.2. The normalized spacial score (nSPS) is 18.2. The summed E-state index contributed by atoms with van der Waals surface area (Å²) in [5.41, 5.74) is -0.357. The molecule has 0 aromatic heterocycles. The first-order valence-corrected chi connectivity index (χ1v) is 9.22. The van der Waals surface area contributed by atoms with Gasteiger partial charge in [0.25, 0.3) is 20.2 Å². The van der Waals surface area contributed by atoms with E-state index >= 15 is 0 Å². The van der Waals surface area contributed by atoms with E-state index in [-0.39, 0.29) is 22.3 Å². The van der Waals surface area contributed by atoms with Crippen molar-refractivity contribution in [1.82, 2.24) is 0 Å². The van der Waals surface area contributed by atoms with E-state index in [2.05, 4.69) is 0 Å². The Bertz CT molecular complexity index is 1070. The number of hydrogen-bond donors (Lipinski definition) is 3. The number of aliphatic hydroxyl groups is 1. The van der Waals surface area contributed by atoms with Gasteiger partial charge in [-0.15, -0.1) is 0 Å². The highest BCUT2D eigenvalue weighted by Gasteiger charge is 2.34. The van der Waals surface area contributed by atoms with Gasteiger partial charge in [-0.05, 0) is 24.3 Å². The van der Waals surface area contributed by atoms with Crippen molar-refractivity contribution >= 4 is 31.8 Å². The molecule has 125 valence electrons. The van der Waals surface area contributed by atoms with E-state index in [9.17, 15) is 26.7 Å². The molecule has 1 aromatic rings. The monoisotopic (exact) mass is 369 g/mol. The van der Waals surface area contributed by atoms with Gasteiger partial charge in [0.05, 0.1) is 4.90 Å². The second kappa shape index (κ2) is 5.11. The lowest BCUT2D eigenvalue weighted by Crippen LogP contribution is -2.20. The molecule has 0 amide bonds. The summed E-state index contributed by atoms with van der Waals surface area (Å²) >= 11 is 0. The van der Waals surface area contributed by atoms with Crippen molar-refractivity contribution in [2.75, 3.05) is 0 Å². The number of carbonyl (C=O) groups is 1. The predicted molar refractivity (Wildman–Crippen MR) is 82.2 cm³/mol. The second-order valence-electron chi connectivity index (χ2n) is 5.04. The quantitative estimate of drug-likeness (QED) is 0.661. The summed E-state index contributed by atoms with van der Waals surface area (Å²) in [4.78, 5) is 12.0. The van der Waals surface area contributed by atoms with Crippen molar-refractivity contribution in [3.05, 3.63) is 64.0 Å². The van der Waals surface area contributed by atoms with Crippen LogP contribution in [0, 0.1) is 5.25 Å². The first-order chi connectivity index (χ1) is 11.0. The minimum Gasteiger partial charge on any atom is -0.507 e. The number of Topliss-reactive ketones (excluding diaryl/α,β-unsaturated/α-hetero) is 1. The fourth-order valence-corrected chi connectivity index (χ4v) is 3.46. The zero-order valence-electron chi connectivity index (χ0n) is 11.7. The van der Waals surface area contributed by atoms with E-state index in [1.807, 2.05) is 0 Å². The van der Waals surface area contributed by atoms with Crippen molar-refractivity contribution in [2.24, 2.45) is 0 Å². The maximum atomic E-state index is 12.5.